The second-order valence-corrected chi connectivity index (χ2v) is 22.7. The molecule has 0 bridgehead atoms. The van der Waals surface area contributed by atoms with Gasteiger partial charge in [0.25, 0.3) is 0 Å². The number of hydrogen-bond donors (Lipinski definition) is 0. The minimum absolute atomic E-state index is 0.357. The first-order valence-corrected chi connectivity index (χ1v) is 31.0. The molecular formula is C82H72N4O8. The highest BCUT2D eigenvalue weighted by molar-refractivity contribution is 5.92. The molecule has 0 saturated heterocycles. The average molecular weight is 1240 g/mol. The van der Waals surface area contributed by atoms with Crippen molar-refractivity contribution in [2.45, 2.75) is 12.8 Å². The zero-order valence-corrected chi connectivity index (χ0v) is 54.0. The number of ether oxygens (including phenoxy) is 8. The van der Waals surface area contributed by atoms with Crippen molar-refractivity contribution in [2.24, 2.45) is 0 Å². The SMILES string of the molecule is COc1ccc(N(c2ccc(OC)cc2)c2ccc(-c3ccc(N(c4ccc(OC)cc4)c4ccc(OC)cc4)cc3C3c4cc(N(c5ccc(OC)cc5)c5ccc(OC)cc5)ccc4-c4ccc(N(c5ccc(OC)cc5)c5ccc(OC)cc5)cc43)c(C)c2)cc1. The summed E-state index contributed by atoms with van der Waals surface area (Å²) in [5, 5.41) is 0. The highest BCUT2D eigenvalue weighted by Crippen LogP contribution is 2.55. The number of rotatable bonds is 22. The number of methoxy groups -OCH3 is 8. The smallest absolute Gasteiger partial charge is 0.119 e. The Morgan fingerprint density at radius 2 is 0.351 bits per heavy atom. The van der Waals surface area contributed by atoms with Gasteiger partial charge in [0.1, 0.15) is 46.0 Å². The Morgan fingerprint density at radius 1 is 0.191 bits per heavy atom. The normalized spacial score (nSPS) is 11.4. The molecule has 0 fully saturated rings. The average Bonchev–Trinajstić information content (AvgIpc) is 1.49. The maximum atomic E-state index is 5.74. The lowest BCUT2D eigenvalue weighted by Gasteiger charge is -2.30. The van der Waals surface area contributed by atoms with E-state index in [1.165, 1.54) is 0 Å². The molecule has 0 heterocycles. The molecule has 0 N–H and O–H groups in total. The zero-order chi connectivity index (χ0) is 64.8. The van der Waals surface area contributed by atoms with E-state index in [4.69, 9.17) is 37.9 Å². The van der Waals surface area contributed by atoms with Crippen LogP contribution in [-0.2, 0) is 0 Å². The predicted octanol–water partition coefficient (Wildman–Crippen LogP) is 20.8. The Labute approximate surface area is 550 Å². The standard InChI is InChI=1S/C82H72N4O8/c1-54-50-63(83(55-10-30-67(87-2)31-11-55)56-12-32-68(88-3)33-13-56)26-46-75(54)76-47-27-64(84(57-14-34-69(89-4)35-15-57)58-16-36-70(90-5)37-17-58)51-79(76)82-80-52-65(85(59-18-38-71(91-6)39-19-59)60-20-40-72(92-7)41-21-60)28-48-77(80)78-49-29-66(53-81(78)82)86(61-22-42-73(93-8)43-23-61)62-24-44-74(94-9)45-25-62/h10-53,82H,1-9H3. The van der Waals surface area contributed by atoms with E-state index in [0.29, 0.717) is 0 Å². The third-order valence-corrected chi connectivity index (χ3v) is 17.5. The molecule has 1 aliphatic rings. The van der Waals surface area contributed by atoms with E-state index in [-0.39, 0.29) is 5.92 Å². The van der Waals surface area contributed by atoms with Gasteiger partial charge in [-0.05, 0) is 294 Å². The molecule has 1 aliphatic carbocycles. The van der Waals surface area contributed by atoms with Gasteiger partial charge in [-0.3, -0.25) is 0 Å². The molecular weight excluding hydrogens is 1170 g/mol. The van der Waals surface area contributed by atoms with Crippen molar-refractivity contribution < 1.29 is 37.9 Å². The molecule has 0 aromatic heterocycles. The van der Waals surface area contributed by atoms with Crippen molar-refractivity contribution in [3.63, 3.8) is 0 Å². The van der Waals surface area contributed by atoms with Gasteiger partial charge < -0.3 is 57.5 Å². The lowest BCUT2D eigenvalue weighted by Crippen LogP contribution is -2.13. The molecule has 0 saturated carbocycles. The van der Waals surface area contributed by atoms with E-state index in [1.54, 1.807) is 56.9 Å². The monoisotopic (exact) mass is 1240 g/mol. The third-order valence-electron chi connectivity index (χ3n) is 17.5. The molecule has 0 spiro atoms. The minimum atomic E-state index is -0.357. The van der Waals surface area contributed by atoms with Crippen LogP contribution < -0.4 is 57.5 Å². The summed E-state index contributed by atoms with van der Waals surface area (Å²) in [5.41, 5.74) is 20.4. The van der Waals surface area contributed by atoms with Crippen LogP contribution in [0.2, 0.25) is 0 Å². The van der Waals surface area contributed by atoms with Crippen LogP contribution in [0, 0.1) is 6.92 Å². The van der Waals surface area contributed by atoms with E-state index in [2.05, 4.69) is 196 Å². The molecule has 12 heteroatoms. The molecule has 12 nitrogen and oxygen atoms in total. The van der Waals surface area contributed by atoms with Crippen LogP contribution in [0.3, 0.4) is 0 Å². The van der Waals surface area contributed by atoms with Gasteiger partial charge in [-0.15, -0.1) is 0 Å². The third kappa shape index (κ3) is 12.1. The molecule has 94 heavy (non-hydrogen) atoms. The van der Waals surface area contributed by atoms with Gasteiger partial charge in [0.15, 0.2) is 0 Å². The van der Waals surface area contributed by atoms with Crippen molar-refractivity contribution >= 4 is 68.2 Å². The highest BCUT2D eigenvalue weighted by atomic mass is 16.5. The van der Waals surface area contributed by atoms with E-state index < -0.39 is 0 Å². The molecule has 0 atom stereocenters. The summed E-state index contributed by atoms with van der Waals surface area (Å²) in [6.07, 6.45) is 0. The van der Waals surface area contributed by atoms with Crippen molar-refractivity contribution in [3.8, 4) is 68.2 Å². The van der Waals surface area contributed by atoms with Gasteiger partial charge in [-0.1, -0.05) is 24.3 Å². The molecule has 0 amide bonds. The Morgan fingerprint density at radius 3 is 0.532 bits per heavy atom. The number of anilines is 12. The number of fused-ring (bicyclic) bond motifs is 3. The Kier molecular flexibility index (Phi) is 17.5. The van der Waals surface area contributed by atoms with Crippen LogP contribution in [-0.4, -0.2) is 56.9 Å². The molecule has 0 aliphatic heterocycles. The first kappa shape index (κ1) is 61.1. The molecule has 13 rings (SSSR count). The Bertz CT molecular complexity index is 4250. The van der Waals surface area contributed by atoms with Crippen molar-refractivity contribution in [3.05, 3.63) is 289 Å². The summed E-state index contributed by atoms with van der Waals surface area (Å²) in [5.74, 6) is 5.76. The molecule has 12 aromatic rings. The number of nitrogens with zero attached hydrogens (tertiary/aromatic N) is 4. The number of benzene rings is 12. The lowest BCUT2D eigenvalue weighted by atomic mass is 9.82. The minimum Gasteiger partial charge on any atom is -0.497 e. The molecule has 12 aromatic carbocycles. The zero-order valence-electron chi connectivity index (χ0n) is 54.0. The largest absolute Gasteiger partial charge is 0.497 e. The van der Waals surface area contributed by atoms with E-state index >= 15 is 0 Å². The molecule has 468 valence electrons. The first-order valence-electron chi connectivity index (χ1n) is 31.0. The maximum absolute atomic E-state index is 5.74. The van der Waals surface area contributed by atoms with Crippen LogP contribution in [0.4, 0.5) is 68.2 Å². The maximum Gasteiger partial charge on any atom is 0.119 e. The fourth-order valence-corrected chi connectivity index (χ4v) is 12.8. The van der Waals surface area contributed by atoms with Crippen LogP contribution in [0.25, 0.3) is 22.3 Å². The fraction of sp³-hybridized carbons (Fsp3) is 0.122. The van der Waals surface area contributed by atoms with Crippen molar-refractivity contribution in [2.75, 3.05) is 76.5 Å². The second kappa shape index (κ2) is 27.0. The summed E-state index contributed by atoms with van der Waals surface area (Å²) in [6.45, 7) is 2.22. The predicted molar refractivity (Wildman–Crippen MR) is 381 cm³/mol. The van der Waals surface area contributed by atoms with Crippen LogP contribution in [0.5, 0.6) is 46.0 Å². The summed E-state index contributed by atoms with van der Waals surface area (Å²) < 4.78 is 45.6. The van der Waals surface area contributed by atoms with Crippen molar-refractivity contribution in [1.29, 1.82) is 0 Å². The van der Waals surface area contributed by atoms with Crippen LogP contribution in [0.15, 0.2) is 267 Å². The van der Waals surface area contributed by atoms with Crippen LogP contribution >= 0.6 is 0 Å². The van der Waals surface area contributed by atoms with Gasteiger partial charge in [0.2, 0.25) is 0 Å². The number of hydrogen-bond acceptors (Lipinski definition) is 12. The lowest BCUT2D eigenvalue weighted by molar-refractivity contribution is 0.414. The summed E-state index contributed by atoms with van der Waals surface area (Å²) in [7, 11) is 13.5. The number of aryl methyl sites for hydroxylation is 1. The Balaban J connectivity index is 1.08. The molecule has 0 unspecified atom stereocenters. The first-order chi connectivity index (χ1) is 46.1. The van der Waals surface area contributed by atoms with E-state index in [1.807, 2.05) is 97.1 Å². The van der Waals surface area contributed by atoms with E-state index in [0.717, 1.165) is 159 Å². The van der Waals surface area contributed by atoms with Gasteiger partial charge in [-0.25, -0.2) is 0 Å². The van der Waals surface area contributed by atoms with Gasteiger partial charge >= 0.3 is 0 Å². The Hall–Kier alpha value is -11.8. The highest BCUT2D eigenvalue weighted by Gasteiger charge is 2.35. The summed E-state index contributed by atoms with van der Waals surface area (Å²) in [4.78, 5) is 9.17. The topological polar surface area (TPSA) is 86.8 Å². The van der Waals surface area contributed by atoms with Gasteiger partial charge in [0, 0.05) is 74.2 Å². The quantitative estimate of drug-likeness (QED) is 0.0648. The molecule has 0 radical (unpaired) electrons. The van der Waals surface area contributed by atoms with E-state index in [9.17, 15) is 0 Å². The van der Waals surface area contributed by atoms with Gasteiger partial charge in [0.05, 0.1) is 56.9 Å². The fourth-order valence-electron chi connectivity index (χ4n) is 12.8. The van der Waals surface area contributed by atoms with Gasteiger partial charge in [-0.2, -0.15) is 0 Å². The summed E-state index contributed by atoms with van der Waals surface area (Å²) >= 11 is 0. The summed E-state index contributed by atoms with van der Waals surface area (Å²) in [6, 6.07) is 93.3. The van der Waals surface area contributed by atoms with Crippen molar-refractivity contribution in [1.82, 2.24) is 0 Å². The second-order valence-electron chi connectivity index (χ2n) is 22.7. The van der Waals surface area contributed by atoms with Crippen LogP contribution in [0.1, 0.15) is 28.2 Å².